The van der Waals surface area contributed by atoms with Crippen LogP contribution in [0.25, 0.3) is 0 Å². The average molecular weight is 263 g/mol. The lowest BCUT2D eigenvalue weighted by atomic mass is 10.1. The molecule has 0 radical (unpaired) electrons. The van der Waals surface area contributed by atoms with Crippen LogP contribution >= 0.6 is 0 Å². The monoisotopic (exact) mass is 263 g/mol. The number of carbonyl (C=O) groups is 1. The molecule has 2 rings (SSSR count). The summed E-state index contributed by atoms with van der Waals surface area (Å²) in [5.41, 5.74) is 6.62. The molecule has 1 aromatic rings. The molecular weight excluding hydrogens is 246 g/mol. The number of rotatable bonds is 4. The number of nitrogens with two attached hydrogens (primary N) is 1. The van der Waals surface area contributed by atoms with Gasteiger partial charge in [0.05, 0.1) is 11.6 Å². The molecular formula is C13H17N3O3. The highest BCUT2D eigenvalue weighted by Crippen LogP contribution is 2.33. The summed E-state index contributed by atoms with van der Waals surface area (Å²) in [6.07, 6.45) is 1.86. The minimum absolute atomic E-state index is 0.0116. The molecule has 0 spiro atoms. The van der Waals surface area contributed by atoms with Crippen molar-refractivity contribution in [3.8, 4) is 5.75 Å². The molecule has 1 amide bonds. The van der Waals surface area contributed by atoms with E-state index in [1.165, 1.54) is 6.07 Å². The Morgan fingerprint density at radius 3 is 2.74 bits per heavy atom. The van der Waals surface area contributed by atoms with Crippen LogP contribution in [-0.2, 0) is 0 Å². The molecule has 0 heterocycles. The smallest absolute Gasteiger partial charge is 0.255 e. The summed E-state index contributed by atoms with van der Waals surface area (Å²) in [5, 5.41) is 24.1. The highest BCUT2D eigenvalue weighted by molar-refractivity contribution is 6.00. The van der Waals surface area contributed by atoms with Crippen molar-refractivity contribution in [1.82, 2.24) is 5.32 Å². The number of hydrogen-bond acceptors (Lipinski definition) is 4. The van der Waals surface area contributed by atoms with Crippen LogP contribution in [0.2, 0.25) is 0 Å². The molecule has 6 nitrogen and oxygen atoms in total. The summed E-state index contributed by atoms with van der Waals surface area (Å²) in [6.45, 7) is 1.82. The van der Waals surface area contributed by atoms with Crippen LogP contribution in [-0.4, -0.2) is 28.1 Å². The second-order valence-electron chi connectivity index (χ2n) is 4.83. The number of hydrogen-bond donors (Lipinski definition) is 4. The Labute approximate surface area is 110 Å². The lowest BCUT2D eigenvalue weighted by Crippen LogP contribution is -2.46. The first kappa shape index (κ1) is 13.2. The maximum Gasteiger partial charge on any atom is 0.255 e. The fourth-order valence-corrected chi connectivity index (χ4v) is 1.98. The van der Waals surface area contributed by atoms with Crippen molar-refractivity contribution >= 4 is 11.7 Å². The van der Waals surface area contributed by atoms with E-state index in [-0.39, 0.29) is 23.1 Å². The summed E-state index contributed by atoms with van der Waals surface area (Å²) in [6, 6.07) is 4.32. The van der Waals surface area contributed by atoms with E-state index in [1.807, 2.05) is 6.92 Å². The van der Waals surface area contributed by atoms with Gasteiger partial charge in [0.25, 0.3) is 5.91 Å². The van der Waals surface area contributed by atoms with Gasteiger partial charge in [0, 0.05) is 0 Å². The number of aryl methyl sites for hydroxylation is 1. The molecule has 5 N–H and O–H groups in total. The summed E-state index contributed by atoms with van der Waals surface area (Å²) in [7, 11) is 0. The number of amides is 1. The molecule has 1 aromatic carbocycles. The van der Waals surface area contributed by atoms with E-state index >= 15 is 0 Å². The van der Waals surface area contributed by atoms with Gasteiger partial charge in [-0.25, -0.2) is 0 Å². The molecule has 1 atom stereocenters. The summed E-state index contributed by atoms with van der Waals surface area (Å²) >= 11 is 0. The zero-order valence-electron chi connectivity index (χ0n) is 10.6. The van der Waals surface area contributed by atoms with Crippen LogP contribution in [0.3, 0.4) is 0 Å². The second kappa shape index (κ2) is 5.17. The first-order chi connectivity index (χ1) is 9.02. The molecule has 1 aliphatic carbocycles. The van der Waals surface area contributed by atoms with E-state index in [4.69, 9.17) is 10.9 Å². The highest BCUT2D eigenvalue weighted by atomic mass is 16.4. The summed E-state index contributed by atoms with van der Waals surface area (Å²) in [5.74, 6) is -0.317. The van der Waals surface area contributed by atoms with Crippen LogP contribution < -0.4 is 11.1 Å². The van der Waals surface area contributed by atoms with Gasteiger partial charge in [-0.1, -0.05) is 11.2 Å². The number of phenols is 1. The normalized spacial score (nSPS) is 17.0. The van der Waals surface area contributed by atoms with E-state index in [1.54, 1.807) is 12.1 Å². The van der Waals surface area contributed by atoms with Gasteiger partial charge >= 0.3 is 0 Å². The third kappa shape index (κ3) is 2.96. The summed E-state index contributed by atoms with van der Waals surface area (Å²) in [4.78, 5) is 12.1. The van der Waals surface area contributed by atoms with Crippen molar-refractivity contribution in [3.05, 3.63) is 29.3 Å². The predicted octanol–water partition coefficient (Wildman–Crippen LogP) is 0.955. The standard InChI is InChI=1S/C13H17N3O3/c1-7-2-5-9(10(17)6-7)13(18)15-11(8-3-4-8)12(14)16-19/h2,5-6,8,11,17,19H,3-4H2,1H3,(H2,14,16)(H,15,18). The Bertz CT molecular complexity index is 524. The first-order valence-electron chi connectivity index (χ1n) is 6.11. The van der Waals surface area contributed by atoms with Crippen molar-refractivity contribution in [2.45, 2.75) is 25.8 Å². The highest BCUT2D eigenvalue weighted by Gasteiger charge is 2.35. The van der Waals surface area contributed by atoms with Crippen molar-refractivity contribution < 1.29 is 15.1 Å². The molecule has 0 bridgehead atoms. The van der Waals surface area contributed by atoms with Gasteiger partial charge in [-0.3, -0.25) is 4.79 Å². The molecule has 102 valence electrons. The Balaban J connectivity index is 2.15. The van der Waals surface area contributed by atoms with Crippen molar-refractivity contribution in [3.63, 3.8) is 0 Å². The predicted molar refractivity (Wildman–Crippen MR) is 70.2 cm³/mol. The zero-order chi connectivity index (χ0) is 14.0. The maximum absolute atomic E-state index is 12.1. The van der Waals surface area contributed by atoms with Crippen LogP contribution in [0.5, 0.6) is 5.75 Å². The van der Waals surface area contributed by atoms with Crippen molar-refractivity contribution in [2.24, 2.45) is 16.8 Å². The lowest BCUT2D eigenvalue weighted by molar-refractivity contribution is 0.0940. The Hall–Kier alpha value is -2.24. The Kier molecular flexibility index (Phi) is 3.59. The molecule has 1 unspecified atom stereocenters. The zero-order valence-corrected chi connectivity index (χ0v) is 10.6. The van der Waals surface area contributed by atoms with E-state index in [0.717, 1.165) is 18.4 Å². The summed E-state index contributed by atoms with van der Waals surface area (Å²) < 4.78 is 0. The number of oxime groups is 1. The van der Waals surface area contributed by atoms with Gasteiger partial charge in [-0.2, -0.15) is 0 Å². The Morgan fingerprint density at radius 2 is 2.21 bits per heavy atom. The van der Waals surface area contributed by atoms with Crippen LogP contribution in [0.1, 0.15) is 28.8 Å². The quantitative estimate of drug-likeness (QED) is 0.281. The molecule has 1 saturated carbocycles. The van der Waals surface area contributed by atoms with Gasteiger partial charge < -0.3 is 21.4 Å². The van der Waals surface area contributed by atoms with Gasteiger partial charge in [0.15, 0.2) is 5.84 Å². The van der Waals surface area contributed by atoms with Gasteiger partial charge in [0.1, 0.15) is 5.75 Å². The molecule has 0 aliphatic heterocycles. The number of nitrogens with one attached hydrogen (secondary N) is 1. The minimum atomic E-state index is -0.488. The molecule has 0 saturated heterocycles. The van der Waals surface area contributed by atoms with Crippen LogP contribution in [0, 0.1) is 12.8 Å². The van der Waals surface area contributed by atoms with E-state index in [9.17, 15) is 9.90 Å². The largest absolute Gasteiger partial charge is 0.507 e. The minimum Gasteiger partial charge on any atom is -0.507 e. The number of carbonyl (C=O) groups excluding carboxylic acids is 1. The number of nitrogens with zero attached hydrogens (tertiary/aromatic N) is 1. The average Bonchev–Trinajstić information content (AvgIpc) is 3.19. The van der Waals surface area contributed by atoms with Gasteiger partial charge in [-0.05, 0) is 43.4 Å². The fourth-order valence-electron chi connectivity index (χ4n) is 1.98. The molecule has 1 aliphatic rings. The van der Waals surface area contributed by atoms with E-state index in [2.05, 4.69) is 10.5 Å². The van der Waals surface area contributed by atoms with Crippen molar-refractivity contribution in [1.29, 1.82) is 0 Å². The van der Waals surface area contributed by atoms with E-state index in [0.29, 0.717) is 0 Å². The van der Waals surface area contributed by atoms with E-state index < -0.39 is 11.9 Å². The van der Waals surface area contributed by atoms with Crippen molar-refractivity contribution in [2.75, 3.05) is 0 Å². The molecule has 1 fully saturated rings. The number of amidine groups is 1. The third-order valence-corrected chi connectivity index (χ3v) is 3.21. The van der Waals surface area contributed by atoms with Crippen LogP contribution in [0.4, 0.5) is 0 Å². The fraction of sp³-hybridized carbons (Fsp3) is 0.385. The number of benzene rings is 1. The molecule has 19 heavy (non-hydrogen) atoms. The Morgan fingerprint density at radius 1 is 1.53 bits per heavy atom. The number of aromatic hydroxyl groups is 1. The molecule has 0 aromatic heterocycles. The SMILES string of the molecule is Cc1ccc(C(=O)NC(C(N)=NO)C2CC2)c(O)c1. The first-order valence-corrected chi connectivity index (χ1v) is 6.11. The maximum atomic E-state index is 12.1. The van der Waals surface area contributed by atoms with Gasteiger partial charge in [0.2, 0.25) is 0 Å². The number of phenolic OH excluding ortho intramolecular Hbond substituents is 1. The van der Waals surface area contributed by atoms with Crippen LogP contribution in [0.15, 0.2) is 23.4 Å². The second-order valence-corrected chi connectivity index (χ2v) is 4.83. The molecule has 6 heteroatoms. The third-order valence-electron chi connectivity index (χ3n) is 3.21. The topological polar surface area (TPSA) is 108 Å². The van der Waals surface area contributed by atoms with Gasteiger partial charge in [-0.15, -0.1) is 0 Å². The lowest BCUT2D eigenvalue weighted by Gasteiger charge is -2.17.